The summed E-state index contributed by atoms with van der Waals surface area (Å²) >= 11 is 0. The SMILES string of the molecule is Fc1ccc(F)c(C[B-](F)(F)F)c1. The van der Waals surface area contributed by atoms with Crippen LogP contribution in [0.1, 0.15) is 5.56 Å². The van der Waals surface area contributed by atoms with Crippen LogP contribution in [0.2, 0.25) is 0 Å². The molecule has 1 aromatic carbocycles. The molecular formula is C7H5BF5-. The topological polar surface area (TPSA) is 0 Å². The van der Waals surface area contributed by atoms with Crippen LogP contribution in [0.25, 0.3) is 0 Å². The minimum Gasteiger partial charge on any atom is -0.449 e. The van der Waals surface area contributed by atoms with Crippen LogP contribution in [0.3, 0.4) is 0 Å². The molecule has 0 aromatic heterocycles. The van der Waals surface area contributed by atoms with E-state index in [0.29, 0.717) is 12.1 Å². The molecule has 0 atom stereocenters. The maximum atomic E-state index is 12.6. The van der Waals surface area contributed by atoms with E-state index in [1.807, 2.05) is 0 Å². The molecule has 0 radical (unpaired) electrons. The van der Waals surface area contributed by atoms with Crippen LogP contribution in [0.15, 0.2) is 18.2 Å². The van der Waals surface area contributed by atoms with Crippen LogP contribution >= 0.6 is 0 Å². The van der Waals surface area contributed by atoms with Gasteiger partial charge in [-0.05, 0) is 23.8 Å². The van der Waals surface area contributed by atoms with Crippen molar-refractivity contribution in [1.29, 1.82) is 0 Å². The molecule has 0 unspecified atom stereocenters. The van der Waals surface area contributed by atoms with Gasteiger partial charge in [0.1, 0.15) is 11.6 Å². The van der Waals surface area contributed by atoms with E-state index in [9.17, 15) is 21.7 Å². The van der Waals surface area contributed by atoms with Gasteiger partial charge in [0.15, 0.2) is 0 Å². The molecule has 0 saturated heterocycles. The molecule has 13 heavy (non-hydrogen) atoms. The van der Waals surface area contributed by atoms with Gasteiger partial charge in [-0.1, -0.05) is 6.32 Å². The Hall–Kier alpha value is -1.07. The Bertz CT molecular complexity index is 306. The van der Waals surface area contributed by atoms with Crippen LogP contribution in [0, 0.1) is 11.6 Å². The summed E-state index contributed by atoms with van der Waals surface area (Å²) in [6.07, 6.45) is -1.39. The Labute approximate surface area is 71.4 Å². The number of halogens is 5. The van der Waals surface area contributed by atoms with E-state index in [4.69, 9.17) is 0 Å². The Kier molecular flexibility index (Phi) is 2.59. The fourth-order valence-electron chi connectivity index (χ4n) is 0.949. The van der Waals surface area contributed by atoms with Crippen molar-refractivity contribution in [2.45, 2.75) is 6.32 Å². The fourth-order valence-corrected chi connectivity index (χ4v) is 0.949. The standard InChI is InChI=1S/C7H5BF5/c9-6-1-2-7(10)5(3-6)4-8(11,12)13/h1-3H,4H2/q-1. The molecule has 1 rings (SSSR count). The molecule has 6 heteroatoms. The van der Waals surface area contributed by atoms with Gasteiger partial charge in [0.2, 0.25) is 0 Å². The number of hydrogen-bond acceptors (Lipinski definition) is 0. The van der Waals surface area contributed by atoms with Gasteiger partial charge in [-0.15, -0.1) is 0 Å². The van der Waals surface area contributed by atoms with Crippen molar-refractivity contribution in [3.63, 3.8) is 0 Å². The highest BCUT2D eigenvalue weighted by Gasteiger charge is 2.24. The van der Waals surface area contributed by atoms with Gasteiger partial charge >= 0.3 is 6.98 Å². The lowest BCUT2D eigenvalue weighted by Gasteiger charge is -2.13. The van der Waals surface area contributed by atoms with Gasteiger partial charge in [0.25, 0.3) is 0 Å². The number of benzene rings is 1. The first-order valence-corrected chi connectivity index (χ1v) is 3.53. The van der Waals surface area contributed by atoms with E-state index in [-0.39, 0.29) is 0 Å². The van der Waals surface area contributed by atoms with E-state index in [2.05, 4.69) is 0 Å². The fraction of sp³-hybridized carbons (Fsp3) is 0.143. The lowest BCUT2D eigenvalue weighted by atomic mass is 9.82. The largest absolute Gasteiger partial charge is 0.482 e. The monoisotopic (exact) mass is 195 g/mol. The summed E-state index contributed by atoms with van der Waals surface area (Å²) in [6.45, 7) is -5.12. The third-order valence-corrected chi connectivity index (χ3v) is 1.46. The zero-order valence-corrected chi connectivity index (χ0v) is 6.41. The molecule has 72 valence electrons. The quantitative estimate of drug-likeness (QED) is 0.502. The Morgan fingerprint density at radius 2 is 1.69 bits per heavy atom. The van der Waals surface area contributed by atoms with Gasteiger partial charge in [0, 0.05) is 0 Å². The molecule has 0 amide bonds. The van der Waals surface area contributed by atoms with E-state index in [1.165, 1.54) is 0 Å². The van der Waals surface area contributed by atoms with Gasteiger partial charge in [-0.3, -0.25) is 0 Å². The second kappa shape index (κ2) is 3.36. The maximum Gasteiger partial charge on any atom is 0.482 e. The van der Waals surface area contributed by atoms with Crippen LogP contribution in [-0.4, -0.2) is 6.98 Å². The number of rotatable bonds is 2. The van der Waals surface area contributed by atoms with E-state index in [1.54, 1.807) is 0 Å². The smallest absolute Gasteiger partial charge is 0.449 e. The lowest BCUT2D eigenvalue weighted by molar-refractivity contribution is 0.464. The predicted molar refractivity (Wildman–Crippen MR) is 39.1 cm³/mol. The molecular weight excluding hydrogens is 190 g/mol. The molecule has 0 spiro atoms. The van der Waals surface area contributed by atoms with Crippen molar-refractivity contribution >= 4 is 6.98 Å². The summed E-state index contributed by atoms with van der Waals surface area (Å²) in [5.41, 5.74) is -0.646. The van der Waals surface area contributed by atoms with Crippen LogP contribution < -0.4 is 0 Å². The summed E-state index contributed by atoms with van der Waals surface area (Å²) in [5.74, 6) is -1.89. The first-order valence-electron chi connectivity index (χ1n) is 3.53. The predicted octanol–water partition coefficient (Wildman–Crippen LogP) is 2.89. The zero-order chi connectivity index (χ0) is 10.1. The zero-order valence-electron chi connectivity index (χ0n) is 6.41. The molecule has 0 saturated carbocycles. The van der Waals surface area contributed by atoms with Gasteiger partial charge in [0.05, 0.1) is 0 Å². The van der Waals surface area contributed by atoms with Gasteiger partial charge < -0.3 is 12.9 Å². The van der Waals surface area contributed by atoms with Crippen molar-refractivity contribution < 1.29 is 21.7 Å². The Morgan fingerprint density at radius 1 is 1.08 bits per heavy atom. The van der Waals surface area contributed by atoms with Crippen molar-refractivity contribution in [3.8, 4) is 0 Å². The molecule has 0 fully saturated rings. The molecule has 1 aromatic rings. The summed E-state index contributed by atoms with van der Waals surface area (Å²) in [5, 5.41) is 0. The van der Waals surface area contributed by atoms with Crippen molar-refractivity contribution in [1.82, 2.24) is 0 Å². The third-order valence-electron chi connectivity index (χ3n) is 1.46. The summed E-state index contributed by atoms with van der Waals surface area (Å²) in [4.78, 5) is 0. The summed E-state index contributed by atoms with van der Waals surface area (Å²) in [6, 6.07) is 2.03. The molecule has 0 nitrogen and oxygen atoms in total. The van der Waals surface area contributed by atoms with Gasteiger partial charge in [-0.2, -0.15) is 0 Å². The Balaban J connectivity index is 2.94. The second-order valence-electron chi connectivity index (χ2n) is 2.65. The summed E-state index contributed by atoms with van der Waals surface area (Å²) < 4.78 is 60.5. The molecule has 0 aliphatic rings. The van der Waals surface area contributed by atoms with Crippen LogP contribution in [0.4, 0.5) is 21.7 Å². The lowest BCUT2D eigenvalue weighted by Crippen LogP contribution is -2.20. The van der Waals surface area contributed by atoms with E-state index < -0.39 is 30.5 Å². The second-order valence-corrected chi connectivity index (χ2v) is 2.65. The summed E-state index contributed by atoms with van der Waals surface area (Å²) in [7, 11) is 0. The minimum absolute atomic E-state index is 0.560. The first-order chi connectivity index (χ1) is 5.88. The van der Waals surface area contributed by atoms with Crippen LogP contribution in [0.5, 0.6) is 0 Å². The third kappa shape index (κ3) is 3.04. The van der Waals surface area contributed by atoms with E-state index in [0.717, 1.165) is 6.07 Å². The number of hydrogen-bond donors (Lipinski definition) is 0. The molecule has 0 N–H and O–H groups in total. The van der Waals surface area contributed by atoms with Crippen molar-refractivity contribution in [3.05, 3.63) is 35.4 Å². The maximum absolute atomic E-state index is 12.6. The minimum atomic E-state index is -5.12. The van der Waals surface area contributed by atoms with Crippen molar-refractivity contribution in [2.24, 2.45) is 0 Å². The van der Waals surface area contributed by atoms with E-state index >= 15 is 0 Å². The first kappa shape index (κ1) is 10.0. The van der Waals surface area contributed by atoms with Crippen LogP contribution in [-0.2, 0) is 6.32 Å². The molecule has 0 aliphatic carbocycles. The average Bonchev–Trinajstić information content (AvgIpc) is 1.94. The highest BCUT2D eigenvalue weighted by atomic mass is 19.4. The normalized spacial score (nSPS) is 11.8. The Morgan fingerprint density at radius 3 is 2.23 bits per heavy atom. The molecule has 0 heterocycles. The average molecular weight is 195 g/mol. The molecule has 0 aliphatic heterocycles. The highest BCUT2D eigenvalue weighted by Crippen LogP contribution is 2.19. The van der Waals surface area contributed by atoms with Gasteiger partial charge in [-0.25, -0.2) is 8.78 Å². The highest BCUT2D eigenvalue weighted by molar-refractivity contribution is 6.57. The molecule has 0 bridgehead atoms. The van der Waals surface area contributed by atoms with Crippen molar-refractivity contribution in [2.75, 3.05) is 0 Å².